The summed E-state index contributed by atoms with van der Waals surface area (Å²) in [4.78, 5) is 12.3. The molecule has 0 heterocycles. The Hall–Kier alpha value is -1.55. The Morgan fingerprint density at radius 2 is 1.90 bits per heavy atom. The highest BCUT2D eigenvalue weighted by atomic mass is 16.5. The van der Waals surface area contributed by atoms with Gasteiger partial charge in [0.15, 0.2) is 5.78 Å². The number of ketones is 1. The fraction of sp³-hybridized carbons (Fsp3) is 0.562. The molecule has 0 amide bonds. The molecular formula is C16H24O4. The molecule has 1 unspecified atom stereocenters. The van der Waals surface area contributed by atoms with Gasteiger partial charge in [-0.05, 0) is 25.0 Å². The number of hydrogen-bond acceptors (Lipinski definition) is 4. The maximum absolute atomic E-state index is 12.3. The third kappa shape index (κ3) is 4.23. The molecule has 0 saturated heterocycles. The molecule has 0 saturated carbocycles. The van der Waals surface area contributed by atoms with Crippen molar-refractivity contribution in [2.45, 2.75) is 39.2 Å². The van der Waals surface area contributed by atoms with Crippen molar-refractivity contribution in [1.82, 2.24) is 0 Å². The molecule has 20 heavy (non-hydrogen) atoms. The van der Waals surface area contributed by atoms with Crippen molar-refractivity contribution < 1.29 is 19.0 Å². The van der Waals surface area contributed by atoms with E-state index < -0.39 is 6.10 Å². The maximum Gasteiger partial charge on any atom is 0.166 e. The molecule has 1 atom stereocenters. The van der Waals surface area contributed by atoms with E-state index >= 15 is 0 Å². The van der Waals surface area contributed by atoms with Gasteiger partial charge in [-0.25, -0.2) is 0 Å². The van der Waals surface area contributed by atoms with Gasteiger partial charge in [-0.15, -0.1) is 0 Å². The van der Waals surface area contributed by atoms with Crippen molar-refractivity contribution >= 4 is 5.78 Å². The Kier molecular flexibility index (Phi) is 7.09. The Morgan fingerprint density at radius 1 is 1.15 bits per heavy atom. The first kappa shape index (κ1) is 16.5. The minimum atomic E-state index is -0.559. The standard InChI is InChI=1S/C16H24O4/c1-5-7-14(17)16(20-10-6-2)13-9-8-12(18-3)11-15(13)19-4/h8-9,11,16H,5-7,10H2,1-4H3. The predicted octanol–water partition coefficient (Wildman–Crippen LogP) is 3.54. The second-order valence-electron chi connectivity index (χ2n) is 4.58. The summed E-state index contributed by atoms with van der Waals surface area (Å²) in [7, 11) is 3.18. The summed E-state index contributed by atoms with van der Waals surface area (Å²) in [5, 5.41) is 0. The molecule has 0 N–H and O–H groups in total. The van der Waals surface area contributed by atoms with Crippen molar-refractivity contribution in [3.63, 3.8) is 0 Å². The second-order valence-corrected chi connectivity index (χ2v) is 4.58. The molecule has 1 aromatic carbocycles. The number of carbonyl (C=O) groups excluding carboxylic acids is 1. The van der Waals surface area contributed by atoms with Crippen LogP contribution in [0, 0.1) is 0 Å². The first-order valence-corrected chi connectivity index (χ1v) is 7.04. The van der Waals surface area contributed by atoms with E-state index in [9.17, 15) is 4.79 Å². The highest BCUT2D eigenvalue weighted by Gasteiger charge is 2.24. The molecule has 1 aromatic rings. The van der Waals surface area contributed by atoms with Gasteiger partial charge in [0.25, 0.3) is 0 Å². The van der Waals surface area contributed by atoms with Crippen LogP contribution in [0.15, 0.2) is 18.2 Å². The van der Waals surface area contributed by atoms with Crippen LogP contribution in [0.25, 0.3) is 0 Å². The first-order valence-electron chi connectivity index (χ1n) is 7.04. The molecule has 1 rings (SSSR count). The van der Waals surface area contributed by atoms with Gasteiger partial charge in [-0.1, -0.05) is 13.8 Å². The molecule has 0 aliphatic rings. The average molecular weight is 280 g/mol. The van der Waals surface area contributed by atoms with Crippen LogP contribution in [0.3, 0.4) is 0 Å². The van der Waals surface area contributed by atoms with E-state index in [4.69, 9.17) is 14.2 Å². The summed E-state index contributed by atoms with van der Waals surface area (Å²) in [5.41, 5.74) is 0.764. The Balaban J connectivity index is 3.08. The molecule has 0 spiro atoms. The molecule has 0 aliphatic heterocycles. The van der Waals surface area contributed by atoms with Crippen molar-refractivity contribution in [1.29, 1.82) is 0 Å². The Labute approximate surface area is 121 Å². The molecule has 0 bridgehead atoms. The van der Waals surface area contributed by atoms with E-state index in [1.165, 1.54) is 0 Å². The molecule has 0 fully saturated rings. The van der Waals surface area contributed by atoms with Crippen LogP contribution in [0.2, 0.25) is 0 Å². The zero-order valence-corrected chi connectivity index (χ0v) is 12.8. The quantitative estimate of drug-likeness (QED) is 0.694. The summed E-state index contributed by atoms with van der Waals surface area (Å²) in [5.74, 6) is 1.40. The lowest BCUT2D eigenvalue weighted by Gasteiger charge is -2.19. The normalized spacial score (nSPS) is 12.0. The third-order valence-electron chi connectivity index (χ3n) is 3.00. The lowest BCUT2D eigenvalue weighted by Crippen LogP contribution is -2.17. The van der Waals surface area contributed by atoms with E-state index in [0.717, 1.165) is 18.4 Å². The molecule has 112 valence electrons. The zero-order valence-electron chi connectivity index (χ0n) is 12.8. The van der Waals surface area contributed by atoms with Crippen LogP contribution in [0.5, 0.6) is 11.5 Å². The summed E-state index contributed by atoms with van der Waals surface area (Å²) in [6.45, 7) is 4.56. The summed E-state index contributed by atoms with van der Waals surface area (Å²) >= 11 is 0. The van der Waals surface area contributed by atoms with Gasteiger partial charge in [0, 0.05) is 24.7 Å². The Bertz CT molecular complexity index is 428. The number of rotatable bonds is 9. The molecule has 0 aliphatic carbocycles. The molecule has 4 heteroatoms. The van der Waals surface area contributed by atoms with Crippen LogP contribution in [-0.4, -0.2) is 26.6 Å². The van der Waals surface area contributed by atoms with Gasteiger partial charge in [0.05, 0.1) is 14.2 Å². The van der Waals surface area contributed by atoms with Crippen LogP contribution in [0.1, 0.15) is 44.8 Å². The number of carbonyl (C=O) groups is 1. The largest absolute Gasteiger partial charge is 0.497 e. The van der Waals surface area contributed by atoms with Crippen molar-refractivity contribution in [2.75, 3.05) is 20.8 Å². The number of benzene rings is 1. The second kappa shape index (κ2) is 8.59. The fourth-order valence-corrected chi connectivity index (χ4v) is 2.00. The average Bonchev–Trinajstić information content (AvgIpc) is 2.48. The van der Waals surface area contributed by atoms with E-state index in [2.05, 4.69) is 0 Å². The Morgan fingerprint density at radius 3 is 2.45 bits per heavy atom. The molecule has 0 aromatic heterocycles. The molecule has 4 nitrogen and oxygen atoms in total. The van der Waals surface area contributed by atoms with E-state index in [-0.39, 0.29) is 5.78 Å². The SMILES string of the molecule is CCCOC(C(=O)CCC)c1ccc(OC)cc1OC. The number of hydrogen-bond donors (Lipinski definition) is 0. The summed E-state index contributed by atoms with van der Waals surface area (Å²) < 4.78 is 16.3. The lowest BCUT2D eigenvalue weighted by molar-refractivity contribution is -0.131. The minimum absolute atomic E-state index is 0.0874. The topological polar surface area (TPSA) is 44.8 Å². The smallest absolute Gasteiger partial charge is 0.166 e. The van der Waals surface area contributed by atoms with Crippen molar-refractivity contribution in [3.05, 3.63) is 23.8 Å². The molecule has 0 radical (unpaired) electrons. The number of methoxy groups -OCH3 is 2. The van der Waals surface area contributed by atoms with Gasteiger partial charge in [0.2, 0.25) is 0 Å². The monoisotopic (exact) mass is 280 g/mol. The van der Waals surface area contributed by atoms with Crippen LogP contribution in [-0.2, 0) is 9.53 Å². The third-order valence-corrected chi connectivity index (χ3v) is 3.00. The number of Topliss-reactive ketones (excluding diaryl/α,β-unsaturated/α-hetero) is 1. The fourth-order valence-electron chi connectivity index (χ4n) is 2.00. The van der Waals surface area contributed by atoms with E-state index in [1.54, 1.807) is 20.3 Å². The van der Waals surface area contributed by atoms with Crippen LogP contribution >= 0.6 is 0 Å². The van der Waals surface area contributed by atoms with Gasteiger partial charge < -0.3 is 14.2 Å². The maximum atomic E-state index is 12.3. The highest BCUT2D eigenvalue weighted by molar-refractivity contribution is 5.85. The lowest BCUT2D eigenvalue weighted by atomic mass is 10.0. The minimum Gasteiger partial charge on any atom is -0.497 e. The zero-order chi connectivity index (χ0) is 15.0. The first-order chi connectivity index (χ1) is 9.67. The van der Waals surface area contributed by atoms with Crippen LogP contribution < -0.4 is 9.47 Å². The van der Waals surface area contributed by atoms with Gasteiger partial charge in [0.1, 0.15) is 17.6 Å². The van der Waals surface area contributed by atoms with E-state index in [1.807, 2.05) is 26.0 Å². The highest BCUT2D eigenvalue weighted by Crippen LogP contribution is 2.32. The predicted molar refractivity (Wildman–Crippen MR) is 78.4 cm³/mol. The van der Waals surface area contributed by atoms with Crippen LogP contribution in [0.4, 0.5) is 0 Å². The summed E-state index contributed by atoms with van der Waals surface area (Å²) in [6.07, 6.45) is 1.62. The van der Waals surface area contributed by atoms with Gasteiger partial charge in [-0.3, -0.25) is 4.79 Å². The number of ether oxygens (including phenoxy) is 3. The summed E-state index contributed by atoms with van der Waals surface area (Å²) in [6, 6.07) is 5.43. The van der Waals surface area contributed by atoms with Crippen molar-refractivity contribution in [2.24, 2.45) is 0 Å². The van der Waals surface area contributed by atoms with Gasteiger partial charge in [-0.2, -0.15) is 0 Å². The van der Waals surface area contributed by atoms with Crippen molar-refractivity contribution in [3.8, 4) is 11.5 Å². The van der Waals surface area contributed by atoms with E-state index in [0.29, 0.717) is 24.5 Å². The molecular weight excluding hydrogens is 256 g/mol. The van der Waals surface area contributed by atoms with Gasteiger partial charge >= 0.3 is 0 Å².